The van der Waals surface area contributed by atoms with Gasteiger partial charge in [-0.2, -0.15) is 4.31 Å². The predicted octanol–water partition coefficient (Wildman–Crippen LogP) is 1.56. The van der Waals surface area contributed by atoms with Crippen LogP contribution in [0, 0.1) is 5.92 Å². The fourth-order valence-corrected chi connectivity index (χ4v) is 4.44. The Hall–Kier alpha value is -2.00. The fraction of sp³-hybridized carbons (Fsp3) is 0.562. The van der Waals surface area contributed by atoms with Gasteiger partial charge in [0, 0.05) is 25.1 Å². The lowest BCUT2D eigenvalue weighted by Gasteiger charge is -2.30. The van der Waals surface area contributed by atoms with E-state index in [2.05, 4.69) is 19.9 Å². The Morgan fingerprint density at radius 3 is 2.68 bits per heavy atom. The van der Waals surface area contributed by atoms with Gasteiger partial charge in [0.15, 0.2) is 5.03 Å². The van der Waals surface area contributed by atoms with Crippen LogP contribution in [0.5, 0.6) is 5.88 Å². The minimum atomic E-state index is -3.46. The third-order valence-electron chi connectivity index (χ3n) is 4.79. The van der Waals surface area contributed by atoms with Crippen LogP contribution in [0.4, 0.5) is 0 Å². The van der Waals surface area contributed by atoms with Crippen LogP contribution in [-0.4, -0.2) is 52.4 Å². The van der Waals surface area contributed by atoms with Crippen LogP contribution < -0.4 is 4.74 Å². The van der Waals surface area contributed by atoms with Gasteiger partial charge in [0.2, 0.25) is 5.88 Å². The van der Waals surface area contributed by atoms with Crippen molar-refractivity contribution in [2.24, 2.45) is 5.92 Å². The Labute approximate surface area is 146 Å². The Kier molecular flexibility index (Phi) is 4.43. The molecule has 1 aliphatic carbocycles. The highest BCUT2D eigenvalue weighted by Crippen LogP contribution is 2.39. The summed E-state index contributed by atoms with van der Waals surface area (Å²) in [6, 6.07) is 1.93. The highest BCUT2D eigenvalue weighted by atomic mass is 32.2. The third kappa shape index (κ3) is 3.67. The van der Waals surface area contributed by atoms with Crippen LogP contribution in [0.1, 0.15) is 37.3 Å². The molecule has 1 saturated carbocycles. The summed E-state index contributed by atoms with van der Waals surface area (Å²) in [4.78, 5) is 14.9. The molecule has 3 heterocycles. The Morgan fingerprint density at radius 1 is 1.20 bits per heavy atom. The van der Waals surface area contributed by atoms with E-state index in [9.17, 15) is 8.42 Å². The molecular weight excluding hydrogens is 342 g/mol. The second kappa shape index (κ2) is 6.72. The van der Waals surface area contributed by atoms with E-state index in [1.807, 2.05) is 6.07 Å². The zero-order chi connectivity index (χ0) is 17.3. The molecule has 1 N–H and O–H groups in total. The lowest BCUT2D eigenvalue weighted by Crippen LogP contribution is -2.39. The monoisotopic (exact) mass is 363 g/mol. The number of aromatic nitrogens is 4. The Bertz CT molecular complexity index is 812. The lowest BCUT2D eigenvalue weighted by atomic mass is 9.99. The Balaban J connectivity index is 1.30. The van der Waals surface area contributed by atoms with E-state index in [1.165, 1.54) is 29.7 Å². The quantitative estimate of drug-likeness (QED) is 0.836. The van der Waals surface area contributed by atoms with Crippen molar-refractivity contribution in [3.8, 4) is 5.88 Å². The number of imidazole rings is 1. The summed E-state index contributed by atoms with van der Waals surface area (Å²) in [6.45, 7) is 1.54. The summed E-state index contributed by atoms with van der Waals surface area (Å²) in [5.74, 6) is 1.51. The van der Waals surface area contributed by atoms with Gasteiger partial charge in [-0.15, -0.1) is 0 Å². The molecule has 2 aliphatic rings. The smallest absolute Gasteiger partial charge is 0.260 e. The summed E-state index contributed by atoms with van der Waals surface area (Å²) < 4.78 is 32.2. The standard InChI is InChI=1S/C16H21N5O3S/c22-25(23,16-8-17-10-20-16)21-5-3-12(4-6-21)9-24-15-7-14(13-1-2-13)18-11-19-15/h7-8,10-13H,1-6,9H2,(H,17,20). The molecule has 2 aromatic heterocycles. The van der Waals surface area contributed by atoms with E-state index in [4.69, 9.17) is 4.74 Å². The first kappa shape index (κ1) is 16.5. The molecule has 0 atom stereocenters. The summed E-state index contributed by atoms with van der Waals surface area (Å²) in [5, 5.41) is 0.149. The van der Waals surface area contributed by atoms with E-state index in [-0.39, 0.29) is 5.03 Å². The van der Waals surface area contributed by atoms with Crippen molar-refractivity contribution in [3.63, 3.8) is 0 Å². The maximum absolute atomic E-state index is 12.4. The SMILES string of the molecule is O=S(=O)(c1cnc[nH]1)N1CCC(COc2cc(C3CC3)ncn2)CC1. The molecule has 0 aromatic carbocycles. The highest BCUT2D eigenvalue weighted by Gasteiger charge is 2.30. The lowest BCUT2D eigenvalue weighted by molar-refractivity contribution is 0.180. The molecule has 4 rings (SSSR count). The maximum atomic E-state index is 12.4. The van der Waals surface area contributed by atoms with Crippen LogP contribution in [0.3, 0.4) is 0 Å². The van der Waals surface area contributed by atoms with Crippen LogP contribution in [0.15, 0.2) is 29.9 Å². The molecule has 0 radical (unpaired) electrons. The Morgan fingerprint density at radius 2 is 2.00 bits per heavy atom. The number of hydrogen-bond acceptors (Lipinski definition) is 6. The number of rotatable bonds is 6. The minimum absolute atomic E-state index is 0.149. The van der Waals surface area contributed by atoms with Gasteiger partial charge in [-0.3, -0.25) is 0 Å². The van der Waals surface area contributed by atoms with Gasteiger partial charge in [0.05, 0.1) is 24.8 Å². The number of sulfonamides is 1. The van der Waals surface area contributed by atoms with E-state index in [1.54, 1.807) is 6.33 Å². The number of nitrogens with zero attached hydrogens (tertiary/aromatic N) is 4. The van der Waals surface area contributed by atoms with Gasteiger partial charge in [-0.25, -0.2) is 23.4 Å². The summed E-state index contributed by atoms with van der Waals surface area (Å²) in [7, 11) is -3.46. The number of piperidine rings is 1. The molecule has 0 unspecified atom stereocenters. The van der Waals surface area contributed by atoms with Gasteiger partial charge in [-0.05, 0) is 31.6 Å². The van der Waals surface area contributed by atoms with Gasteiger partial charge in [0.25, 0.3) is 10.0 Å². The molecule has 0 bridgehead atoms. The van der Waals surface area contributed by atoms with Gasteiger partial charge >= 0.3 is 0 Å². The molecule has 9 heteroatoms. The molecule has 1 aliphatic heterocycles. The second-order valence-corrected chi connectivity index (χ2v) is 8.54. The van der Waals surface area contributed by atoms with Crippen molar-refractivity contribution in [2.75, 3.05) is 19.7 Å². The van der Waals surface area contributed by atoms with Crippen molar-refractivity contribution in [2.45, 2.75) is 36.6 Å². The van der Waals surface area contributed by atoms with Gasteiger partial charge < -0.3 is 9.72 Å². The summed E-state index contributed by atoms with van der Waals surface area (Å²) >= 11 is 0. The number of hydrogen-bond donors (Lipinski definition) is 1. The van der Waals surface area contributed by atoms with E-state index >= 15 is 0 Å². The summed E-state index contributed by atoms with van der Waals surface area (Å²) in [5.41, 5.74) is 1.06. The first-order valence-corrected chi connectivity index (χ1v) is 10.00. The molecule has 2 aromatic rings. The van der Waals surface area contributed by atoms with E-state index < -0.39 is 10.0 Å². The largest absolute Gasteiger partial charge is 0.477 e. The van der Waals surface area contributed by atoms with Crippen molar-refractivity contribution in [3.05, 3.63) is 30.6 Å². The second-order valence-electron chi connectivity index (χ2n) is 6.63. The average Bonchev–Trinajstić information content (AvgIpc) is 3.34. The average molecular weight is 363 g/mol. The normalized spacial score (nSPS) is 19.8. The summed E-state index contributed by atoms with van der Waals surface area (Å²) in [6.07, 6.45) is 8.21. The first-order valence-electron chi connectivity index (χ1n) is 8.56. The van der Waals surface area contributed by atoms with Crippen molar-refractivity contribution in [1.82, 2.24) is 24.2 Å². The van der Waals surface area contributed by atoms with Crippen LogP contribution >= 0.6 is 0 Å². The molecular formula is C16H21N5O3S. The van der Waals surface area contributed by atoms with E-state index in [0.29, 0.717) is 37.4 Å². The number of nitrogens with one attached hydrogen (secondary N) is 1. The fourth-order valence-electron chi connectivity index (χ4n) is 3.08. The molecule has 8 nitrogen and oxygen atoms in total. The number of H-pyrrole nitrogens is 1. The van der Waals surface area contributed by atoms with Crippen LogP contribution in [0.25, 0.3) is 0 Å². The van der Waals surface area contributed by atoms with Crippen LogP contribution in [0.2, 0.25) is 0 Å². The molecule has 1 saturated heterocycles. The van der Waals surface area contributed by atoms with Crippen molar-refractivity contribution < 1.29 is 13.2 Å². The first-order chi connectivity index (χ1) is 12.1. The zero-order valence-electron chi connectivity index (χ0n) is 13.8. The third-order valence-corrected chi connectivity index (χ3v) is 6.61. The molecule has 2 fully saturated rings. The van der Waals surface area contributed by atoms with Crippen molar-refractivity contribution in [1.29, 1.82) is 0 Å². The van der Waals surface area contributed by atoms with Crippen LogP contribution in [-0.2, 0) is 10.0 Å². The highest BCUT2D eigenvalue weighted by molar-refractivity contribution is 7.89. The van der Waals surface area contributed by atoms with Crippen molar-refractivity contribution >= 4 is 10.0 Å². The molecule has 25 heavy (non-hydrogen) atoms. The zero-order valence-corrected chi connectivity index (χ0v) is 14.7. The predicted molar refractivity (Wildman–Crippen MR) is 89.6 cm³/mol. The topological polar surface area (TPSA) is 101 Å². The van der Waals surface area contributed by atoms with E-state index in [0.717, 1.165) is 18.5 Å². The van der Waals surface area contributed by atoms with Gasteiger partial charge in [-0.1, -0.05) is 0 Å². The van der Waals surface area contributed by atoms with Gasteiger partial charge in [0.1, 0.15) is 6.33 Å². The molecule has 134 valence electrons. The molecule has 0 spiro atoms. The number of ether oxygens (including phenoxy) is 1. The minimum Gasteiger partial charge on any atom is -0.477 e. The molecule has 0 amide bonds. The maximum Gasteiger partial charge on any atom is 0.260 e. The number of aromatic amines is 1.